The van der Waals surface area contributed by atoms with E-state index in [0.29, 0.717) is 5.56 Å². The number of amides is 1. The lowest BCUT2D eigenvalue weighted by Gasteiger charge is -2.05. The molecule has 1 atom stereocenters. The van der Waals surface area contributed by atoms with Crippen molar-refractivity contribution in [1.29, 1.82) is 0 Å². The molecule has 15 heavy (non-hydrogen) atoms. The number of hydrogen-bond acceptors (Lipinski definition) is 1. The molecular weight excluding hydrogens is 247 g/mol. The minimum atomic E-state index is -2.08. The van der Waals surface area contributed by atoms with Gasteiger partial charge in [-0.1, -0.05) is 29.3 Å². The molecule has 1 aromatic rings. The van der Waals surface area contributed by atoms with Crippen LogP contribution in [-0.2, 0) is 11.3 Å². The Labute approximate surface area is 95.2 Å². The molecule has 0 saturated carbocycles. The molecule has 1 aromatic carbocycles. The summed E-state index contributed by atoms with van der Waals surface area (Å²) in [7, 11) is 0. The predicted molar refractivity (Wildman–Crippen MR) is 54.0 cm³/mol. The Kier molecular flexibility index (Phi) is 4.29. The summed E-state index contributed by atoms with van der Waals surface area (Å²) in [6.07, 6.45) is 0. The number of rotatable bonds is 3. The van der Waals surface area contributed by atoms with E-state index in [9.17, 15) is 13.6 Å². The fraction of sp³-hybridized carbons (Fsp3) is 0.222. The van der Waals surface area contributed by atoms with E-state index in [1.807, 2.05) is 0 Å². The third kappa shape index (κ3) is 3.64. The van der Waals surface area contributed by atoms with E-state index in [1.165, 1.54) is 12.1 Å². The lowest BCUT2D eigenvalue weighted by molar-refractivity contribution is -0.123. The van der Waals surface area contributed by atoms with Crippen molar-refractivity contribution in [3.8, 4) is 0 Å². The SMILES string of the molecule is O=C(NCc1ccc(F)c(Cl)c1)C(F)Cl. The van der Waals surface area contributed by atoms with Gasteiger partial charge in [0.2, 0.25) is 0 Å². The number of carbonyl (C=O) groups is 1. The first kappa shape index (κ1) is 12.2. The molecule has 6 heteroatoms. The van der Waals surface area contributed by atoms with E-state index < -0.39 is 17.4 Å². The van der Waals surface area contributed by atoms with Crippen LogP contribution in [-0.4, -0.2) is 11.5 Å². The van der Waals surface area contributed by atoms with Crippen LogP contribution in [0.5, 0.6) is 0 Å². The summed E-state index contributed by atoms with van der Waals surface area (Å²) in [6, 6.07) is 3.94. The first-order chi connectivity index (χ1) is 7.00. The summed E-state index contributed by atoms with van der Waals surface area (Å²) in [4.78, 5) is 10.7. The molecule has 2 nitrogen and oxygen atoms in total. The standard InChI is InChI=1S/C9H7Cl2F2NO/c10-6-3-5(1-2-7(6)12)4-14-9(15)8(11)13/h1-3,8H,4H2,(H,14,15). The van der Waals surface area contributed by atoms with E-state index in [0.717, 1.165) is 6.07 Å². The van der Waals surface area contributed by atoms with Crippen molar-refractivity contribution in [2.45, 2.75) is 12.2 Å². The topological polar surface area (TPSA) is 29.1 Å². The van der Waals surface area contributed by atoms with Crippen molar-refractivity contribution < 1.29 is 13.6 Å². The highest BCUT2D eigenvalue weighted by Gasteiger charge is 2.12. The molecule has 0 saturated heterocycles. The monoisotopic (exact) mass is 253 g/mol. The molecule has 0 heterocycles. The van der Waals surface area contributed by atoms with E-state index in [2.05, 4.69) is 5.32 Å². The predicted octanol–water partition coefficient (Wildman–Crippen LogP) is 2.63. The molecule has 0 aliphatic carbocycles. The van der Waals surface area contributed by atoms with Crippen LogP contribution in [0, 0.1) is 5.82 Å². The second-order valence-electron chi connectivity index (χ2n) is 2.77. The second-order valence-corrected chi connectivity index (χ2v) is 3.56. The summed E-state index contributed by atoms with van der Waals surface area (Å²) in [6.45, 7) is 0.0476. The van der Waals surface area contributed by atoms with E-state index in [4.69, 9.17) is 23.2 Å². The van der Waals surface area contributed by atoms with Crippen LogP contribution < -0.4 is 5.32 Å². The van der Waals surface area contributed by atoms with Gasteiger partial charge in [0.15, 0.2) is 0 Å². The quantitative estimate of drug-likeness (QED) is 0.825. The molecule has 0 aromatic heterocycles. The number of hydrogen-bond donors (Lipinski definition) is 1. The van der Waals surface area contributed by atoms with Crippen LogP contribution in [0.2, 0.25) is 5.02 Å². The van der Waals surface area contributed by atoms with Gasteiger partial charge in [0, 0.05) is 6.54 Å². The molecule has 1 amide bonds. The molecule has 0 spiro atoms. The Morgan fingerprint density at radius 1 is 1.53 bits per heavy atom. The molecule has 1 unspecified atom stereocenters. The number of halogens is 4. The molecule has 0 aliphatic rings. The van der Waals surface area contributed by atoms with Crippen molar-refractivity contribution in [3.63, 3.8) is 0 Å². The van der Waals surface area contributed by atoms with Gasteiger partial charge in [0.05, 0.1) is 5.02 Å². The van der Waals surface area contributed by atoms with Crippen LogP contribution in [0.4, 0.5) is 8.78 Å². The molecular formula is C9H7Cl2F2NO. The van der Waals surface area contributed by atoms with E-state index >= 15 is 0 Å². The van der Waals surface area contributed by atoms with E-state index in [1.54, 1.807) is 0 Å². The van der Waals surface area contributed by atoms with Crippen LogP contribution in [0.3, 0.4) is 0 Å². The zero-order chi connectivity index (χ0) is 11.4. The van der Waals surface area contributed by atoms with Crippen LogP contribution in [0.1, 0.15) is 5.56 Å². The van der Waals surface area contributed by atoms with Gasteiger partial charge in [0.1, 0.15) is 5.82 Å². The maximum atomic E-state index is 12.7. The highest BCUT2D eigenvalue weighted by molar-refractivity contribution is 6.30. The van der Waals surface area contributed by atoms with Gasteiger partial charge < -0.3 is 5.32 Å². The Bertz CT molecular complexity index is 371. The van der Waals surface area contributed by atoms with Gasteiger partial charge in [-0.25, -0.2) is 8.78 Å². The van der Waals surface area contributed by atoms with Gasteiger partial charge >= 0.3 is 0 Å². The third-order valence-corrected chi connectivity index (χ3v) is 2.14. The number of carbonyl (C=O) groups excluding carboxylic acids is 1. The fourth-order valence-corrected chi connectivity index (χ4v) is 1.20. The number of nitrogens with one attached hydrogen (secondary N) is 1. The average molecular weight is 254 g/mol. The molecule has 0 radical (unpaired) electrons. The Hall–Kier alpha value is -0.870. The Balaban J connectivity index is 2.58. The zero-order valence-electron chi connectivity index (χ0n) is 7.44. The summed E-state index contributed by atoms with van der Waals surface area (Å²) >= 11 is 10.4. The first-order valence-corrected chi connectivity index (χ1v) is 4.82. The smallest absolute Gasteiger partial charge is 0.270 e. The summed E-state index contributed by atoms with van der Waals surface area (Å²) in [5.41, 5.74) is -1.52. The molecule has 0 fully saturated rings. The van der Waals surface area contributed by atoms with Gasteiger partial charge in [-0.05, 0) is 17.7 Å². The second kappa shape index (κ2) is 5.28. The summed E-state index contributed by atoms with van der Waals surface area (Å²) in [5, 5.41) is 2.17. The molecule has 1 rings (SSSR count). The highest BCUT2D eigenvalue weighted by Crippen LogP contribution is 2.15. The first-order valence-electron chi connectivity index (χ1n) is 4.00. The molecule has 82 valence electrons. The Morgan fingerprint density at radius 3 is 2.73 bits per heavy atom. The van der Waals surface area contributed by atoms with Crippen LogP contribution in [0.25, 0.3) is 0 Å². The largest absolute Gasteiger partial charge is 0.348 e. The summed E-state index contributed by atoms with van der Waals surface area (Å²) in [5.74, 6) is -1.48. The van der Waals surface area contributed by atoms with Crippen molar-refractivity contribution in [2.75, 3.05) is 0 Å². The van der Waals surface area contributed by atoms with Crippen molar-refractivity contribution in [3.05, 3.63) is 34.6 Å². The zero-order valence-corrected chi connectivity index (χ0v) is 8.95. The van der Waals surface area contributed by atoms with Gasteiger partial charge in [-0.15, -0.1) is 0 Å². The molecule has 0 bridgehead atoms. The summed E-state index contributed by atoms with van der Waals surface area (Å²) < 4.78 is 24.9. The normalized spacial score (nSPS) is 12.3. The maximum Gasteiger partial charge on any atom is 0.270 e. The van der Waals surface area contributed by atoms with Crippen LogP contribution in [0.15, 0.2) is 18.2 Å². The number of alkyl halides is 2. The maximum absolute atomic E-state index is 12.7. The lowest BCUT2D eigenvalue weighted by Crippen LogP contribution is -2.28. The van der Waals surface area contributed by atoms with Crippen molar-refractivity contribution in [2.24, 2.45) is 0 Å². The lowest BCUT2D eigenvalue weighted by atomic mass is 10.2. The fourth-order valence-electron chi connectivity index (χ4n) is 0.916. The molecule has 0 aliphatic heterocycles. The van der Waals surface area contributed by atoms with Gasteiger partial charge in [-0.2, -0.15) is 0 Å². The van der Waals surface area contributed by atoms with Gasteiger partial charge in [-0.3, -0.25) is 4.79 Å². The minimum absolute atomic E-state index is 0.0476. The highest BCUT2D eigenvalue weighted by atomic mass is 35.5. The van der Waals surface area contributed by atoms with Crippen molar-refractivity contribution in [1.82, 2.24) is 5.32 Å². The van der Waals surface area contributed by atoms with Crippen LogP contribution >= 0.6 is 23.2 Å². The average Bonchev–Trinajstić information content (AvgIpc) is 2.19. The minimum Gasteiger partial charge on any atom is -0.348 e. The van der Waals surface area contributed by atoms with E-state index in [-0.39, 0.29) is 11.6 Å². The van der Waals surface area contributed by atoms with Gasteiger partial charge in [0.25, 0.3) is 11.5 Å². The number of benzene rings is 1. The molecule has 1 N–H and O–H groups in total. The van der Waals surface area contributed by atoms with Crippen molar-refractivity contribution >= 4 is 29.1 Å². The Morgan fingerprint density at radius 2 is 2.20 bits per heavy atom. The third-order valence-electron chi connectivity index (χ3n) is 1.65.